The van der Waals surface area contributed by atoms with Crippen molar-refractivity contribution in [3.63, 3.8) is 0 Å². The molecule has 1 aromatic carbocycles. The van der Waals surface area contributed by atoms with Gasteiger partial charge >= 0.3 is 6.09 Å². The van der Waals surface area contributed by atoms with Gasteiger partial charge in [0, 0.05) is 37.4 Å². The average molecular weight is 315 g/mol. The van der Waals surface area contributed by atoms with Crippen molar-refractivity contribution in [1.29, 1.82) is 0 Å². The highest BCUT2D eigenvalue weighted by Crippen LogP contribution is 2.16. The first-order chi connectivity index (χ1) is 10.9. The van der Waals surface area contributed by atoms with Crippen LogP contribution in [0.25, 0.3) is 0 Å². The number of carbonyl (C=O) groups excluding carboxylic acids is 1. The molecule has 0 spiro atoms. The van der Waals surface area contributed by atoms with Crippen molar-refractivity contribution in [2.75, 3.05) is 37.6 Å². The zero-order valence-corrected chi connectivity index (χ0v) is 14.1. The van der Waals surface area contributed by atoms with Crippen LogP contribution in [0.2, 0.25) is 0 Å². The fourth-order valence-electron chi connectivity index (χ4n) is 2.28. The fraction of sp³-hybridized carbons (Fsp3) is 0.500. The number of piperazine rings is 1. The number of benzene rings is 1. The van der Waals surface area contributed by atoms with Crippen LogP contribution in [0, 0.1) is 11.8 Å². The fourth-order valence-corrected chi connectivity index (χ4v) is 2.28. The third kappa shape index (κ3) is 6.21. The summed E-state index contributed by atoms with van der Waals surface area (Å²) in [5.74, 6) is 6.04. The van der Waals surface area contributed by atoms with E-state index in [-0.39, 0.29) is 6.54 Å². The summed E-state index contributed by atoms with van der Waals surface area (Å²) in [4.78, 5) is 13.9. The van der Waals surface area contributed by atoms with Crippen molar-refractivity contribution in [1.82, 2.24) is 10.6 Å². The molecule has 0 saturated carbocycles. The van der Waals surface area contributed by atoms with Crippen LogP contribution in [0.4, 0.5) is 10.5 Å². The van der Waals surface area contributed by atoms with Crippen molar-refractivity contribution in [2.45, 2.75) is 26.4 Å². The standard InChI is InChI=1S/C18H25N3O2/c1-18(2,3)23-17(22)20-9-5-7-15-6-4-8-16(14-15)21-12-10-19-11-13-21/h4,6,8,14,19H,9-13H2,1-3H3,(H,20,22). The number of hydrogen-bond donors (Lipinski definition) is 2. The summed E-state index contributed by atoms with van der Waals surface area (Å²) in [6.45, 7) is 9.81. The van der Waals surface area contributed by atoms with Gasteiger partial charge in [-0.2, -0.15) is 0 Å². The zero-order valence-electron chi connectivity index (χ0n) is 14.1. The van der Waals surface area contributed by atoms with E-state index in [0.29, 0.717) is 0 Å². The number of alkyl carbamates (subject to hydrolysis) is 1. The monoisotopic (exact) mass is 315 g/mol. The molecular formula is C18H25N3O2. The molecule has 1 heterocycles. The van der Waals surface area contributed by atoms with Gasteiger partial charge in [-0.25, -0.2) is 4.79 Å². The molecular weight excluding hydrogens is 290 g/mol. The smallest absolute Gasteiger partial charge is 0.408 e. The summed E-state index contributed by atoms with van der Waals surface area (Å²) in [7, 11) is 0. The minimum atomic E-state index is -0.491. The summed E-state index contributed by atoms with van der Waals surface area (Å²) in [6, 6.07) is 8.19. The Hall–Kier alpha value is -2.19. The van der Waals surface area contributed by atoms with Crippen LogP contribution in [0.5, 0.6) is 0 Å². The molecule has 124 valence electrons. The van der Waals surface area contributed by atoms with E-state index in [2.05, 4.69) is 39.5 Å². The highest BCUT2D eigenvalue weighted by molar-refractivity contribution is 5.68. The number of ether oxygens (including phenoxy) is 1. The summed E-state index contributed by atoms with van der Waals surface area (Å²) in [5, 5.41) is 5.98. The Kier molecular flexibility index (Phi) is 5.89. The van der Waals surface area contributed by atoms with Gasteiger partial charge in [0.05, 0.1) is 6.54 Å². The van der Waals surface area contributed by atoms with E-state index >= 15 is 0 Å². The van der Waals surface area contributed by atoms with Crippen LogP contribution >= 0.6 is 0 Å². The van der Waals surface area contributed by atoms with Gasteiger partial charge in [0.1, 0.15) is 5.60 Å². The van der Waals surface area contributed by atoms with E-state index in [1.807, 2.05) is 32.9 Å². The van der Waals surface area contributed by atoms with Crippen molar-refractivity contribution < 1.29 is 9.53 Å². The van der Waals surface area contributed by atoms with Crippen LogP contribution < -0.4 is 15.5 Å². The zero-order chi connectivity index (χ0) is 16.7. The molecule has 2 rings (SSSR count). The molecule has 1 aromatic rings. The lowest BCUT2D eigenvalue weighted by Gasteiger charge is -2.29. The Morgan fingerprint density at radius 2 is 2.09 bits per heavy atom. The molecule has 1 amide bonds. The highest BCUT2D eigenvalue weighted by Gasteiger charge is 2.15. The summed E-state index contributed by atoms with van der Waals surface area (Å²) in [5.41, 5.74) is 1.65. The number of nitrogens with one attached hydrogen (secondary N) is 2. The maximum atomic E-state index is 11.5. The van der Waals surface area contributed by atoms with Gasteiger partial charge in [0.25, 0.3) is 0 Å². The SMILES string of the molecule is CC(C)(C)OC(=O)NCC#Cc1cccc(N2CCNCC2)c1. The molecule has 1 fully saturated rings. The normalized spacial score (nSPS) is 14.7. The Morgan fingerprint density at radius 3 is 2.78 bits per heavy atom. The van der Waals surface area contributed by atoms with Gasteiger partial charge in [0.2, 0.25) is 0 Å². The lowest BCUT2D eigenvalue weighted by Crippen LogP contribution is -2.43. The van der Waals surface area contributed by atoms with Gasteiger partial charge in [0.15, 0.2) is 0 Å². The van der Waals surface area contributed by atoms with Crippen LogP contribution in [0.1, 0.15) is 26.3 Å². The lowest BCUT2D eigenvalue weighted by molar-refractivity contribution is 0.0535. The van der Waals surface area contributed by atoms with Gasteiger partial charge in [-0.3, -0.25) is 0 Å². The number of anilines is 1. The first kappa shape index (κ1) is 17.2. The number of hydrogen-bond acceptors (Lipinski definition) is 4. The largest absolute Gasteiger partial charge is 0.444 e. The molecule has 0 atom stereocenters. The molecule has 0 unspecified atom stereocenters. The van der Waals surface area contributed by atoms with Gasteiger partial charge in [-0.05, 0) is 39.0 Å². The van der Waals surface area contributed by atoms with Crippen molar-refractivity contribution >= 4 is 11.8 Å². The Balaban J connectivity index is 1.87. The third-order valence-electron chi connectivity index (χ3n) is 3.28. The summed E-state index contributed by atoms with van der Waals surface area (Å²) < 4.78 is 5.16. The number of rotatable bonds is 2. The molecule has 5 heteroatoms. The number of nitrogens with zero attached hydrogens (tertiary/aromatic N) is 1. The molecule has 0 radical (unpaired) electrons. The Bertz CT molecular complexity index is 590. The van der Waals surface area contributed by atoms with E-state index in [1.54, 1.807) is 0 Å². The molecule has 1 saturated heterocycles. The van der Waals surface area contributed by atoms with Crippen molar-refractivity contribution in [2.24, 2.45) is 0 Å². The van der Waals surface area contributed by atoms with E-state index in [4.69, 9.17) is 4.74 Å². The molecule has 0 aromatic heterocycles. The van der Waals surface area contributed by atoms with Crippen LogP contribution in [-0.2, 0) is 4.74 Å². The summed E-state index contributed by atoms with van der Waals surface area (Å²) >= 11 is 0. The van der Waals surface area contributed by atoms with E-state index in [0.717, 1.165) is 31.7 Å². The number of carbonyl (C=O) groups is 1. The van der Waals surface area contributed by atoms with E-state index in [1.165, 1.54) is 5.69 Å². The predicted molar refractivity (Wildman–Crippen MR) is 92.6 cm³/mol. The first-order valence-electron chi connectivity index (χ1n) is 7.95. The van der Waals surface area contributed by atoms with E-state index < -0.39 is 11.7 Å². The lowest BCUT2D eigenvalue weighted by atomic mass is 10.2. The summed E-state index contributed by atoms with van der Waals surface area (Å²) in [6.07, 6.45) is -0.443. The molecule has 0 aliphatic carbocycles. The maximum Gasteiger partial charge on any atom is 0.408 e. The molecule has 5 nitrogen and oxygen atoms in total. The molecule has 1 aliphatic heterocycles. The second-order valence-corrected chi connectivity index (χ2v) is 6.44. The number of amides is 1. The van der Waals surface area contributed by atoms with Crippen LogP contribution in [-0.4, -0.2) is 44.4 Å². The maximum absolute atomic E-state index is 11.5. The second kappa shape index (κ2) is 7.89. The Morgan fingerprint density at radius 1 is 1.35 bits per heavy atom. The quantitative estimate of drug-likeness (QED) is 0.820. The predicted octanol–water partition coefficient (Wildman–Crippen LogP) is 1.97. The average Bonchev–Trinajstić information content (AvgIpc) is 2.51. The second-order valence-electron chi connectivity index (χ2n) is 6.44. The molecule has 23 heavy (non-hydrogen) atoms. The van der Waals surface area contributed by atoms with Gasteiger partial charge < -0.3 is 20.3 Å². The molecule has 1 aliphatic rings. The molecule has 0 bridgehead atoms. The third-order valence-corrected chi connectivity index (χ3v) is 3.28. The van der Waals surface area contributed by atoms with Gasteiger partial charge in [-0.1, -0.05) is 17.9 Å². The highest BCUT2D eigenvalue weighted by atomic mass is 16.6. The first-order valence-corrected chi connectivity index (χ1v) is 7.95. The van der Waals surface area contributed by atoms with Crippen molar-refractivity contribution in [3.05, 3.63) is 29.8 Å². The minimum Gasteiger partial charge on any atom is -0.444 e. The minimum absolute atomic E-state index is 0.271. The van der Waals surface area contributed by atoms with Crippen LogP contribution in [0.15, 0.2) is 24.3 Å². The molecule has 2 N–H and O–H groups in total. The van der Waals surface area contributed by atoms with Crippen LogP contribution in [0.3, 0.4) is 0 Å². The topological polar surface area (TPSA) is 53.6 Å². The van der Waals surface area contributed by atoms with Gasteiger partial charge in [-0.15, -0.1) is 0 Å². The van der Waals surface area contributed by atoms with E-state index in [9.17, 15) is 4.79 Å². The van der Waals surface area contributed by atoms with Crippen molar-refractivity contribution in [3.8, 4) is 11.8 Å². The Labute approximate surface area is 138 Å².